The van der Waals surface area contributed by atoms with Crippen molar-refractivity contribution < 1.29 is 4.43 Å². The summed E-state index contributed by atoms with van der Waals surface area (Å²) in [4.78, 5) is 0. The highest BCUT2D eigenvalue weighted by Gasteiger charge is 2.18. The van der Waals surface area contributed by atoms with Crippen molar-refractivity contribution in [3.63, 3.8) is 0 Å². The highest BCUT2D eigenvalue weighted by Crippen LogP contribution is 2.17. The van der Waals surface area contributed by atoms with Gasteiger partial charge in [-0.05, 0) is 26.6 Å². The molecule has 0 bridgehead atoms. The lowest BCUT2D eigenvalue weighted by atomic mass is 10.2. The first-order valence-electron chi connectivity index (χ1n) is 4.22. The first-order valence-corrected chi connectivity index (χ1v) is 7.63. The van der Waals surface area contributed by atoms with Gasteiger partial charge in [-0.1, -0.05) is 19.9 Å². The van der Waals surface area contributed by atoms with Crippen LogP contribution in [-0.4, -0.2) is 8.32 Å². The Morgan fingerprint density at radius 2 is 1.73 bits per heavy atom. The molecule has 0 amide bonds. The molecular formula is C9H20OSi. The maximum absolute atomic E-state index is 5.85. The predicted octanol–water partition coefficient (Wildman–Crippen LogP) is 3.40. The molecule has 0 aliphatic heterocycles. The maximum atomic E-state index is 5.85. The third kappa shape index (κ3) is 5.07. The Bertz CT molecular complexity index is 142. The van der Waals surface area contributed by atoms with Gasteiger partial charge in [-0.15, -0.1) is 0 Å². The van der Waals surface area contributed by atoms with Crippen LogP contribution in [0.5, 0.6) is 0 Å². The van der Waals surface area contributed by atoms with Crippen LogP contribution < -0.4 is 0 Å². The molecule has 0 aromatic carbocycles. The van der Waals surface area contributed by atoms with Crippen molar-refractivity contribution in [2.45, 2.75) is 40.4 Å². The lowest BCUT2D eigenvalue weighted by molar-refractivity contribution is 0.363. The molecular weight excluding hydrogens is 152 g/mol. The third-order valence-electron chi connectivity index (χ3n) is 1.28. The Labute approximate surface area is 71.6 Å². The van der Waals surface area contributed by atoms with E-state index in [1.165, 1.54) is 0 Å². The fraction of sp³-hybridized carbons (Fsp3) is 0.778. The second-order valence-electron chi connectivity index (χ2n) is 4.06. The maximum Gasteiger partial charge on any atom is 0.241 e. The van der Waals surface area contributed by atoms with Gasteiger partial charge in [0.2, 0.25) is 8.32 Å². The van der Waals surface area contributed by atoms with Crippen molar-refractivity contribution in [1.82, 2.24) is 0 Å². The zero-order valence-electron chi connectivity index (χ0n) is 8.56. The summed E-state index contributed by atoms with van der Waals surface area (Å²) in [5.41, 5.74) is 0. The fourth-order valence-electron chi connectivity index (χ4n) is 0.864. The molecule has 0 aromatic heterocycles. The van der Waals surface area contributed by atoms with Gasteiger partial charge in [0, 0.05) is 5.92 Å². The first-order chi connectivity index (χ1) is 4.87. The van der Waals surface area contributed by atoms with Gasteiger partial charge < -0.3 is 4.43 Å². The zero-order valence-corrected chi connectivity index (χ0v) is 9.56. The Kier molecular flexibility index (Phi) is 3.87. The van der Waals surface area contributed by atoms with E-state index >= 15 is 0 Å². The highest BCUT2D eigenvalue weighted by atomic mass is 28.4. The van der Waals surface area contributed by atoms with Crippen LogP contribution in [0.15, 0.2) is 11.8 Å². The lowest BCUT2D eigenvalue weighted by Crippen LogP contribution is -2.26. The number of rotatable bonds is 3. The van der Waals surface area contributed by atoms with Crippen LogP contribution in [0.4, 0.5) is 0 Å². The van der Waals surface area contributed by atoms with Crippen LogP contribution in [0, 0.1) is 5.92 Å². The molecule has 0 rings (SSSR count). The molecule has 2 heteroatoms. The zero-order chi connectivity index (χ0) is 9.07. The van der Waals surface area contributed by atoms with Crippen molar-refractivity contribution in [2.24, 2.45) is 5.92 Å². The minimum Gasteiger partial charge on any atom is -0.547 e. The van der Waals surface area contributed by atoms with Crippen LogP contribution in [0.3, 0.4) is 0 Å². The molecule has 0 heterocycles. The molecule has 66 valence electrons. The van der Waals surface area contributed by atoms with Gasteiger partial charge in [0.05, 0.1) is 5.76 Å². The average Bonchev–Trinajstić information content (AvgIpc) is 1.80. The summed E-state index contributed by atoms with van der Waals surface area (Å²) in [5.74, 6) is 1.66. The molecule has 0 spiro atoms. The van der Waals surface area contributed by atoms with Crippen LogP contribution in [-0.2, 0) is 4.43 Å². The summed E-state index contributed by atoms with van der Waals surface area (Å²) in [5, 5.41) is 0. The van der Waals surface area contributed by atoms with Crippen molar-refractivity contribution in [1.29, 1.82) is 0 Å². The minimum atomic E-state index is -1.37. The molecule has 0 fully saturated rings. The second-order valence-corrected chi connectivity index (χ2v) is 8.49. The lowest BCUT2D eigenvalue weighted by Gasteiger charge is -2.23. The Hall–Kier alpha value is -0.243. The monoisotopic (exact) mass is 172 g/mol. The summed E-state index contributed by atoms with van der Waals surface area (Å²) in [7, 11) is -1.37. The average molecular weight is 172 g/mol. The Balaban J connectivity index is 4.12. The summed E-state index contributed by atoms with van der Waals surface area (Å²) >= 11 is 0. The molecule has 0 radical (unpaired) electrons. The molecule has 1 nitrogen and oxygen atoms in total. The SMILES string of the molecule is C/C=C(/O[Si](C)(C)C)C(C)C. The first kappa shape index (κ1) is 10.8. The summed E-state index contributed by atoms with van der Waals surface area (Å²) in [6, 6.07) is 0. The molecule has 0 aromatic rings. The normalized spacial score (nSPS) is 13.9. The van der Waals surface area contributed by atoms with Crippen molar-refractivity contribution in [2.75, 3.05) is 0 Å². The van der Waals surface area contributed by atoms with Crippen molar-refractivity contribution in [3.05, 3.63) is 11.8 Å². The van der Waals surface area contributed by atoms with Gasteiger partial charge in [-0.2, -0.15) is 0 Å². The van der Waals surface area contributed by atoms with Gasteiger partial charge in [0.25, 0.3) is 0 Å². The Morgan fingerprint density at radius 3 is 1.82 bits per heavy atom. The van der Waals surface area contributed by atoms with E-state index < -0.39 is 8.32 Å². The molecule has 0 unspecified atom stereocenters. The number of allylic oxidation sites excluding steroid dienone is 2. The molecule has 11 heavy (non-hydrogen) atoms. The topological polar surface area (TPSA) is 9.23 Å². The van der Waals surface area contributed by atoms with Gasteiger partial charge >= 0.3 is 0 Å². The van der Waals surface area contributed by atoms with Crippen LogP contribution >= 0.6 is 0 Å². The largest absolute Gasteiger partial charge is 0.547 e. The van der Waals surface area contributed by atoms with E-state index in [9.17, 15) is 0 Å². The second kappa shape index (κ2) is 3.95. The molecule has 0 saturated carbocycles. The third-order valence-corrected chi connectivity index (χ3v) is 2.13. The van der Waals surface area contributed by atoms with Crippen LogP contribution in [0.2, 0.25) is 19.6 Å². The number of hydrogen-bond acceptors (Lipinski definition) is 1. The molecule has 0 saturated heterocycles. The van der Waals surface area contributed by atoms with Crippen LogP contribution in [0.1, 0.15) is 20.8 Å². The van der Waals surface area contributed by atoms with E-state index in [-0.39, 0.29) is 0 Å². The van der Waals surface area contributed by atoms with Gasteiger partial charge in [0.15, 0.2) is 0 Å². The highest BCUT2D eigenvalue weighted by molar-refractivity contribution is 6.70. The van der Waals surface area contributed by atoms with Crippen molar-refractivity contribution >= 4 is 8.32 Å². The quantitative estimate of drug-likeness (QED) is 0.468. The molecule has 0 aliphatic carbocycles. The minimum absolute atomic E-state index is 0.520. The van der Waals surface area contributed by atoms with E-state index in [4.69, 9.17) is 4.43 Å². The van der Waals surface area contributed by atoms with E-state index in [2.05, 4.69) is 39.6 Å². The van der Waals surface area contributed by atoms with E-state index in [1.807, 2.05) is 6.92 Å². The van der Waals surface area contributed by atoms with Crippen LogP contribution in [0.25, 0.3) is 0 Å². The van der Waals surface area contributed by atoms with Gasteiger partial charge in [-0.25, -0.2) is 0 Å². The molecule has 0 N–H and O–H groups in total. The number of hydrogen-bond donors (Lipinski definition) is 0. The van der Waals surface area contributed by atoms with E-state index in [1.54, 1.807) is 0 Å². The van der Waals surface area contributed by atoms with Gasteiger partial charge in [0.1, 0.15) is 0 Å². The van der Waals surface area contributed by atoms with E-state index in [0.29, 0.717) is 5.92 Å². The summed E-state index contributed by atoms with van der Waals surface area (Å²) in [6.45, 7) is 13.0. The predicted molar refractivity (Wildman–Crippen MR) is 53.0 cm³/mol. The molecule has 0 atom stereocenters. The Morgan fingerprint density at radius 1 is 1.27 bits per heavy atom. The standard InChI is InChI=1S/C9H20OSi/c1-7-9(8(2)3)10-11(4,5)6/h7-8H,1-6H3/b9-7+. The smallest absolute Gasteiger partial charge is 0.241 e. The van der Waals surface area contributed by atoms with Gasteiger partial charge in [-0.3, -0.25) is 0 Å². The fourth-order valence-corrected chi connectivity index (χ4v) is 1.92. The van der Waals surface area contributed by atoms with E-state index in [0.717, 1.165) is 5.76 Å². The van der Waals surface area contributed by atoms with Crippen molar-refractivity contribution in [3.8, 4) is 0 Å². The summed E-state index contributed by atoms with van der Waals surface area (Å²) in [6.07, 6.45) is 2.07. The summed E-state index contributed by atoms with van der Waals surface area (Å²) < 4.78 is 5.85. The molecule has 0 aliphatic rings.